The molecule has 8 rings (SSSR count). The summed E-state index contributed by atoms with van der Waals surface area (Å²) in [5, 5.41) is 12.9. The molecule has 0 spiro atoms. The second-order valence-electron chi connectivity index (χ2n) is 9.47. The standard InChI is InChI=1S/C33H20N4O/c1-3-7-29-24(5-1)17-25(20-34-29)21-9-13-26(14-10-21)37-35-30-16-12-22(18-31(30)36-37)23-11-15-28-27-6-2-4-8-32(27)38-33(28)19-23/h1-20H. The molecule has 5 nitrogen and oxygen atoms in total. The zero-order valence-corrected chi connectivity index (χ0v) is 20.2. The van der Waals surface area contributed by atoms with Crippen LogP contribution < -0.4 is 0 Å². The molecule has 0 saturated carbocycles. The molecule has 38 heavy (non-hydrogen) atoms. The molecule has 8 aromatic rings. The summed E-state index contributed by atoms with van der Waals surface area (Å²) in [4.78, 5) is 6.29. The minimum Gasteiger partial charge on any atom is -0.456 e. The number of hydrogen-bond acceptors (Lipinski definition) is 4. The van der Waals surface area contributed by atoms with Crippen LogP contribution in [0, 0.1) is 0 Å². The minimum absolute atomic E-state index is 0.843. The first kappa shape index (κ1) is 20.9. The van der Waals surface area contributed by atoms with Gasteiger partial charge < -0.3 is 4.42 Å². The molecule has 0 unspecified atom stereocenters. The highest BCUT2D eigenvalue weighted by atomic mass is 16.3. The normalized spacial score (nSPS) is 11.7. The zero-order valence-electron chi connectivity index (χ0n) is 20.2. The Hall–Kier alpha value is -5.29. The number of pyridine rings is 1. The Morgan fingerprint density at radius 2 is 1.24 bits per heavy atom. The van der Waals surface area contributed by atoms with Crippen LogP contribution in [0.3, 0.4) is 0 Å². The third-order valence-electron chi connectivity index (χ3n) is 7.11. The molecule has 0 aliphatic rings. The van der Waals surface area contributed by atoms with Crippen LogP contribution in [0.2, 0.25) is 0 Å². The molecule has 3 heterocycles. The third-order valence-corrected chi connectivity index (χ3v) is 7.11. The van der Waals surface area contributed by atoms with Crippen molar-refractivity contribution in [2.45, 2.75) is 0 Å². The van der Waals surface area contributed by atoms with Crippen molar-refractivity contribution < 1.29 is 4.42 Å². The summed E-state index contributed by atoms with van der Waals surface area (Å²) in [5.41, 5.74) is 9.73. The largest absolute Gasteiger partial charge is 0.456 e. The van der Waals surface area contributed by atoms with Crippen LogP contribution >= 0.6 is 0 Å². The molecule has 0 bridgehead atoms. The number of fused-ring (bicyclic) bond motifs is 5. The molecule has 3 aromatic heterocycles. The number of furan rings is 1. The molecule has 0 amide bonds. The van der Waals surface area contributed by atoms with E-state index in [-0.39, 0.29) is 0 Å². The Balaban J connectivity index is 1.12. The van der Waals surface area contributed by atoms with Gasteiger partial charge in [0.15, 0.2) is 0 Å². The lowest BCUT2D eigenvalue weighted by atomic mass is 10.0. The number of hydrogen-bond donors (Lipinski definition) is 0. The molecule has 0 aliphatic heterocycles. The van der Waals surface area contributed by atoms with Gasteiger partial charge in [-0.1, -0.05) is 60.7 Å². The minimum atomic E-state index is 0.843. The summed E-state index contributed by atoms with van der Waals surface area (Å²) in [7, 11) is 0. The van der Waals surface area contributed by atoms with Gasteiger partial charge in [0.1, 0.15) is 22.2 Å². The molecular formula is C33H20N4O. The summed E-state index contributed by atoms with van der Waals surface area (Å²) < 4.78 is 6.09. The molecule has 0 fully saturated rings. The van der Waals surface area contributed by atoms with Gasteiger partial charge >= 0.3 is 0 Å². The molecule has 0 atom stereocenters. The predicted octanol–water partition coefficient (Wildman–Crippen LogP) is 8.20. The number of para-hydroxylation sites is 2. The SMILES string of the molecule is c1ccc2ncc(-c3ccc(-n4nc5ccc(-c6ccc7c(c6)oc6ccccc67)cc5n4)cc3)cc2c1. The second kappa shape index (κ2) is 8.11. The number of nitrogens with zero attached hydrogens (tertiary/aromatic N) is 4. The molecule has 0 radical (unpaired) electrons. The van der Waals surface area contributed by atoms with Crippen LogP contribution in [0.5, 0.6) is 0 Å². The lowest BCUT2D eigenvalue weighted by Gasteiger charge is -2.05. The predicted molar refractivity (Wildman–Crippen MR) is 152 cm³/mol. The van der Waals surface area contributed by atoms with E-state index in [9.17, 15) is 0 Å². The molecule has 0 aliphatic carbocycles. The van der Waals surface area contributed by atoms with Gasteiger partial charge in [-0.2, -0.15) is 4.80 Å². The highest BCUT2D eigenvalue weighted by Crippen LogP contribution is 2.33. The first-order valence-electron chi connectivity index (χ1n) is 12.5. The highest BCUT2D eigenvalue weighted by molar-refractivity contribution is 6.06. The van der Waals surface area contributed by atoms with Crippen molar-refractivity contribution in [3.8, 4) is 27.9 Å². The Kier molecular flexibility index (Phi) is 4.45. The van der Waals surface area contributed by atoms with E-state index in [0.717, 1.165) is 71.8 Å². The average Bonchev–Trinajstić information content (AvgIpc) is 3.58. The van der Waals surface area contributed by atoms with E-state index in [1.807, 2.05) is 60.8 Å². The van der Waals surface area contributed by atoms with Crippen molar-refractivity contribution >= 4 is 43.9 Å². The van der Waals surface area contributed by atoms with Crippen LogP contribution in [0.15, 0.2) is 126 Å². The Labute approximate surface area is 217 Å². The Morgan fingerprint density at radius 3 is 2.18 bits per heavy atom. The van der Waals surface area contributed by atoms with Gasteiger partial charge in [-0.05, 0) is 71.3 Å². The van der Waals surface area contributed by atoms with Gasteiger partial charge in [-0.3, -0.25) is 4.98 Å². The van der Waals surface area contributed by atoms with Crippen molar-refractivity contribution in [1.29, 1.82) is 0 Å². The zero-order chi connectivity index (χ0) is 25.1. The molecule has 5 heteroatoms. The molecule has 178 valence electrons. The van der Waals surface area contributed by atoms with Crippen molar-refractivity contribution in [1.82, 2.24) is 20.0 Å². The number of rotatable bonds is 3. The maximum atomic E-state index is 6.09. The topological polar surface area (TPSA) is 56.7 Å². The van der Waals surface area contributed by atoms with Crippen molar-refractivity contribution in [2.24, 2.45) is 0 Å². The monoisotopic (exact) mass is 488 g/mol. The molecule has 0 saturated heterocycles. The van der Waals surface area contributed by atoms with Crippen molar-refractivity contribution in [2.75, 3.05) is 0 Å². The van der Waals surface area contributed by atoms with Crippen LogP contribution in [-0.2, 0) is 0 Å². The summed E-state index contributed by atoms with van der Waals surface area (Å²) in [6, 6.07) is 39.3. The maximum Gasteiger partial charge on any atom is 0.136 e. The second-order valence-corrected chi connectivity index (χ2v) is 9.47. The van der Waals surface area contributed by atoms with E-state index in [4.69, 9.17) is 14.6 Å². The summed E-state index contributed by atoms with van der Waals surface area (Å²) >= 11 is 0. The first-order chi connectivity index (χ1) is 18.8. The Morgan fingerprint density at radius 1 is 0.500 bits per heavy atom. The fourth-order valence-electron chi connectivity index (χ4n) is 5.13. The van der Waals surface area contributed by atoms with Crippen LogP contribution in [0.25, 0.3) is 71.8 Å². The van der Waals surface area contributed by atoms with Crippen LogP contribution in [0.1, 0.15) is 0 Å². The molecule has 5 aromatic carbocycles. The van der Waals surface area contributed by atoms with E-state index in [1.54, 1.807) is 4.80 Å². The van der Waals surface area contributed by atoms with E-state index >= 15 is 0 Å². The fourth-order valence-corrected chi connectivity index (χ4v) is 5.13. The number of benzene rings is 5. The molecular weight excluding hydrogens is 468 g/mol. The van der Waals surface area contributed by atoms with Gasteiger partial charge in [0.05, 0.1) is 11.2 Å². The van der Waals surface area contributed by atoms with Crippen molar-refractivity contribution in [3.05, 3.63) is 121 Å². The summed E-state index contributed by atoms with van der Waals surface area (Å²) in [6.45, 7) is 0. The maximum absolute atomic E-state index is 6.09. The number of aromatic nitrogens is 4. The summed E-state index contributed by atoms with van der Waals surface area (Å²) in [5.74, 6) is 0. The van der Waals surface area contributed by atoms with E-state index in [2.05, 4.69) is 65.6 Å². The van der Waals surface area contributed by atoms with Crippen LogP contribution in [-0.4, -0.2) is 20.0 Å². The third kappa shape index (κ3) is 3.37. The van der Waals surface area contributed by atoms with Gasteiger partial charge in [0.2, 0.25) is 0 Å². The lowest BCUT2D eigenvalue weighted by Crippen LogP contribution is -1.98. The first-order valence-corrected chi connectivity index (χ1v) is 12.5. The average molecular weight is 489 g/mol. The van der Waals surface area contributed by atoms with E-state index < -0.39 is 0 Å². The smallest absolute Gasteiger partial charge is 0.136 e. The summed E-state index contributed by atoms with van der Waals surface area (Å²) in [6.07, 6.45) is 1.92. The highest BCUT2D eigenvalue weighted by Gasteiger charge is 2.11. The molecule has 0 N–H and O–H groups in total. The van der Waals surface area contributed by atoms with E-state index in [0.29, 0.717) is 0 Å². The fraction of sp³-hybridized carbons (Fsp3) is 0. The van der Waals surface area contributed by atoms with Gasteiger partial charge in [-0.15, -0.1) is 10.2 Å². The lowest BCUT2D eigenvalue weighted by molar-refractivity contribution is 0.669. The van der Waals surface area contributed by atoms with Crippen molar-refractivity contribution in [3.63, 3.8) is 0 Å². The van der Waals surface area contributed by atoms with Gasteiger partial charge in [-0.25, -0.2) is 0 Å². The van der Waals surface area contributed by atoms with Crippen LogP contribution in [0.4, 0.5) is 0 Å². The Bertz CT molecular complexity index is 2140. The van der Waals surface area contributed by atoms with Gasteiger partial charge in [0, 0.05) is 27.9 Å². The van der Waals surface area contributed by atoms with Gasteiger partial charge in [0.25, 0.3) is 0 Å². The quantitative estimate of drug-likeness (QED) is 0.251. The van der Waals surface area contributed by atoms with E-state index in [1.165, 1.54) is 0 Å².